The van der Waals surface area contributed by atoms with E-state index < -0.39 is 5.72 Å². The van der Waals surface area contributed by atoms with Crippen molar-refractivity contribution < 1.29 is 9.90 Å². The van der Waals surface area contributed by atoms with Gasteiger partial charge in [-0.2, -0.15) is 0 Å². The standard InChI is InChI=1S/C20H28N2O2/c1-14(16-8-6-15(12-23)7-9-16)19-10-17(20(24)13-22(19)20)11-21-18-4-2-3-5-18/h6-9,12,14,17-19,21,24H,2-5,10-11,13H2,1H3/t14-,17+,19-,20+,22?/m1/s1. The number of aldehydes is 1. The number of fused-ring (bicyclic) bond motifs is 1. The minimum atomic E-state index is -0.576. The van der Waals surface area contributed by atoms with Crippen LogP contribution in [0.2, 0.25) is 0 Å². The van der Waals surface area contributed by atoms with E-state index >= 15 is 0 Å². The first-order valence-corrected chi connectivity index (χ1v) is 9.39. The second-order valence-electron chi connectivity index (χ2n) is 7.97. The lowest BCUT2D eigenvalue weighted by molar-refractivity contribution is 0.0607. The molecular formula is C20H28N2O2. The Labute approximate surface area is 144 Å². The van der Waals surface area contributed by atoms with Crippen LogP contribution in [0.4, 0.5) is 0 Å². The SMILES string of the molecule is C[C@H](c1ccc(C=O)cc1)[C@H]1C[C@@H](CNC2CCCC2)[C@@]2(O)CN12. The molecule has 0 aromatic heterocycles. The number of carbonyl (C=O) groups is 1. The molecule has 1 aromatic carbocycles. The van der Waals surface area contributed by atoms with Crippen LogP contribution >= 0.6 is 0 Å². The molecule has 3 aliphatic rings. The normalized spacial score (nSPS) is 36.5. The van der Waals surface area contributed by atoms with Crippen molar-refractivity contribution in [3.63, 3.8) is 0 Å². The van der Waals surface area contributed by atoms with Gasteiger partial charge in [0.25, 0.3) is 0 Å². The first-order chi connectivity index (χ1) is 11.6. The number of aliphatic hydroxyl groups is 1. The van der Waals surface area contributed by atoms with Gasteiger partial charge >= 0.3 is 0 Å². The summed E-state index contributed by atoms with van der Waals surface area (Å²) in [5.41, 5.74) is 1.40. The van der Waals surface area contributed by atoms with Crippen molar-refractivity contribution >= 4 is 6.29 Å². The van der Waals surface area contributed by atoms with Crippen LogP contribution in [0.25, 0.3) is 0 Å². The van der Waals surface area contributed by atoms with Crippen LogP contribution in [0.15, 0.2) is 24.3 Å². The summed E-state index contributed by atoms with van der Waals surface area (Å²) < 4.78 is 0. The van der Waals surface area contributed by atoms with Gasteiger partial charge in [0.1, 0.15) is 12.0 Å². The number of piperidine rings is 1. The number of hydrogen-bond acceptors (Lipinski definition) is 4. The molecule has 2 aliphatic heterocycles. The van der Waals surface area contributed by atoms with Gasteiger partial charge in [0.15, 0.2) is 0 Å². The number of benzene rings is 1. The summed E-state index contributed by atoms with van der Waals surface area (Å²) in [7, 11) is 0. The van der Waals surface area contributed by atoms with E-state index in [0.29, 0.717) is 23.9 Å². The van der Waals surface area contributed by atoms with Gasteiger partial charge in [0, 0.05) is 36.7 Å². The maximum Gasteiger partial charge on any atom is 0.150 e. The Morgan fingerprint density at radius 2 is 2.04 bits per heavy atom. The van der Waals surface area contributed by atoms with E-state index in [9.17, 15) is 9.90 Å². The van der Waals surface area contributed by atoms with Crippen molar-refractivity contribution in [2.45, 2.75) is 62.8 Å². The summed E-state index contributed by atoms with van der Waals surface area (Å²) in [6.45, 7) is 3.99. The molecule has 1 aliphatic carbocycles. The van der Waals surface area contributed by atoms with Crippen molar-refractivity contribution in [1.29, 1.82) is 0 Å². The molecule has 24 heavy (non-hydrogen) atoms. The molecule has 2 heterocycles. The zero-order valence-electron chi connectivity index (χ0n) is 14.4. The number of nitrogens with one attached hydrogen (secondary N) is 1. The van der Waals surface area contributed by atoms with Gasteiger partial charge in [-0.3, -0.25) is 9.69 Å². The minimum Gasteiger partial charge on any atom is -0.374 e. The van der Waals surface area contributed by atoms with E-state index in [4.69, 9.17) is 0 Å². The summed E-state index contributed by atoms with van der Waals surface area (Å²) in [6, 6.07) is 8.95. The highest BCUT2D eigenvalue weighted by Gasteiger charge is 2.65. The maximum atomic E-state index is 10.9. The van der Waals surface area contributed by atoms with E-state index in [2.05, 4.69) is 29.3 Å². The van der Waals surface area contributed by atoms with Crippen LogP contribution in [-0.2, 0) is 0 Å². The summed E-state index contributed by atoms with van der Waals surface area (Å²) in [4.78, 5) is 13.1. The molecule has 2 saturated heterocycles. The Balaban J connectivity index is 1.40. The predicted octanol–water partition coefficient (Wildman–Crippen LogP) is 2.53. The lowest BCUT2D eigenvalue weighted by atomic mass is 9.87. The Kier molecular flexibility index (Phi) is 4.23. The van der Waals surface area contributed by atoms with Crippen LogP contribution in [-0.4, -0.2) is 47.2 Å². The molecule has 1 saturated carbocycles. The predicted molar refractivity (Wildman–Crippen MR) is 94.1 cm³/mol. The number of nitrogens with zero attached hydrogens (tertiary/aromatic N) is 1. The fourth-order valence-corrected chi connectivity index (χ4v) is 4.85. The second-order valence-corrected chi connectivity index (χ2v) is 7.97. The lowest BCUT2D eigenvalue weighted by Gasteiger charge is -2.24. The summed E-state index contributed by atoms with van der Waals surface area (Å²) >= 11 is 0. The smallest absolute Gasteiger partial charge is 0.150 e. The van der Waals surface area contributed by atoms with Crippen molar-refractivity contribution in [2.24, 2.45) is 5.92 Å². The number of hydrogen-bond donors (Lipinski definition) is 2. The highest BCUT2D eigenvalue weighted by atomic mass is 16.3. The largest absolute Gasteiger partial charge is 0.374 e. The second kappa shape index (κ2) is 6.25. The Morgan fingerprint density at radius 3 is 2.71 bits per heavy atom. The zero-order chi connectivity index (χ0) is 16.7. The summed E-state index contributed by atoms with van der Waals surface area (Å²) in [5, 5.41) is 14.6. The molecular weight excluding hydrogens is 300 g/mol. The Morgan fingerprint density at radius 1 is 1.33 bits per heavy atom. The van der Waals surface area contributed by atoms with Gasteiger partial charge in [0.05, 0.1) is 0 Å². The van der Waals surface area contributed by atoms with E-state index in [-0.39, 0.29) is 0 Å². The van der Waals surface area contributed by atoms with Gasteiger partial charge in [-0.05, 0) is 30.7 Å². The molecule has 0 radical (unpaired) electrons. The molecule has 130 valence electrons. The molecule has 4 heteroatoms. The molecule has 1 aromatic rings. The monoisotopic (exact) mass is 328 g/mol. The van der Waals surface area contributed by atoms with Gasteiger partial charge in [-0.25, -0.2) is 0 Å². The van der Waals surface area contributed by atoms with Gasteiger partial charge in [-0.1, -0.05) is 44.0 Å². The topological polar surface area (TPSA) is 52.3 Å². The molecule has 0 amide bonds. The minimum absolute atomic E-state index is 0.333. The molecule has 4 rings (SSSR count). The first kappa shape index (κ1) is 16.2. The Bertz CT molecular complexity index is 596. The summed E-state index contributed by atoms with van der Waals surface area (Å²) in [6.07, 6.45) is 7.20. The number of rotatable bonds is 6. The van der Waals surface area contributed by atoms with Gasteiger partial charge < -0.3 is 10.4 Å². The van der Waals surface area contributed by atoms with Gasteiger partial charge in [-0.15, -0.1) is 0 Å². The average Bonchev–Trinajstić information content (AvgIpc) is 2.98. The highest BCUT2D eigenvalue weighted by molar-refractivity contribution is 5.74. The Hall–Kier alpha value is -1.23. The van der Waals surface area contributed by atoms with E-state index in [1.807, 2.05) is 12.1 Å². The van der Waals surface area contributed by atoms with Crippen LogP contribution in [0.3, 0.4) is 0 Å². The molecule has 4 nitrogen and oxygen atoms in total. The maximum absolute atomic E-state index is 10.9. The van der Waals surface area contributed by atoms with Crippen molar-refractivity contribution in [2.75, 3.05) is 13.1 Å². The third-order valence-electron chi connectivity index (χ3n) is 6.56. The van der Waals surface area contributed by atoms with Crippen LogP contribution in [0.1, 0.15) is 60.9 Å². The molecule has 0 spiro atoms. The van der Waals surface area contributed by atoms with E-state index in [0.717, 1.165) is 31.4 Å². The lowest BCUT2D eigenvalue weighted by Crippen LogP contribution is -2.37. The molecule has 3 fully saturated rings. The van der Waals surface area contributed by atoms with Crippen molar-refractivity contribution in [3.05, 3.63) is 35.4 Å². The fraction of sp³-hybridized carbons (Fsp3) is 0.650. The first-order valence-electron chi connectivity index (χ1n) is 9.39. The third-order valence-corrected chi connectivity index (χ3v) is 6.56. The third kappa shape index (κ3) is 2.81. The average molecular weight is 328 g/mol. The van der Waals surface area contributed by atoms with Crippen molar-refractivity contribution in [3.8, 4) is 0 Å². The fourth-order valence-electron chi connectivity index (χ4n) is 4.85. The highest BCUT2D eigenvalue weighted by Crippen LogP contribution is 2.52. The quantitative estimate of drug-likeness (QED) is 0.622. The van der Waals surface area contributed by atoms with Crippen molar-refractivity contribution in [1.82, 2.24) is 10.2 Å². The van der Waals surface area contributed by atoms with Crippen LogP contribution < -0.4 is 5.32 Å². The van der Waals surface area contributed by atoms with E-state index in [1.54, 1.807) is 0 Å². The number of carbonyl (C=O) groups excluding carboxylic acids is 1. The zero-order valence-corrected chi connectivity index (χ0v) is 14.4. The van der Waals surface area contributed by atoms with Crippen LogP contribution in [0.5, 0.6) is 0 Å². The van der Waals surface area contributed by atoms with E-state index in [1.165, 1.54) is 31.2 Å². The molecule has 2 N–H and O–H groups in total. The molecule has 1 unspecified atom stereocenters. The molecule has 5 atom stereocenters. The van der Waals surface area contributed by atoms with Crippen LogP contribution in [0, 0.1) is 5.92 Å². The summed E-state index contributed by atoms with van der Waals surface area (Å²) in [5.74, 6) is 0.705. The van der Waals surface area contributed by atoms with Gasteiger partial charge in [0.2, 0.25) is 0 Å². The molecule has 0 bridgehead atoms.